The van der Waals surface area contributed by atoms with Gasteiger partial charge in [-0.2, -0.15) is 0 Å². The fraction of sp³-hybridized carbons (Fsp3) is 0.333. The molecule has 1 fully saturated rings. The molecular weight excluding hydrogens is 410 g/mol. The normalized spacial score (nSPS) is 17.4. The molecule has 29 heavy (non-hydrogen) atoms. The molecule has 6 nitrogen and oxygen atoms in total. The van der Waals surface area contributed by atoms with E-state index in [4.69, 9.17) is 11.6 Å². The van der Waals surface area contributed by atoms with Gasteiger partial charge in [0.1, 0.15) is 11.1 Å². The third-order valence-electron chi connectivity index (χ3n) is 5.12. The van der Waals surface area contributed by atoms with Crippen LogP contribution in [0.5, 0.6) is 0 Å². The first-order valence-corrected chi connectivity index (χ1v) is 10.7. The quantitative estimate of drug-likeness (QED) is 0.649. The van der Waals surface area contributed by atoms with E-state index in [1.807, 2.05) is 48.5 Å². The van der Waals surface area contributed by atoms with Crippen LogP contribution in [0.1, 0.15) is 16.7 Å². The smallest absolute Gasteiger partial charge is 0.254 e. The molecule has 0 aliphatic carbocycles. The van der Waals surface area contributed by atoms with Crippen LogP contribution in [-0.2, 0) is 11.3 Å². The van der Waals surface area contributed by atoms with Crippen LogP contribution in [-0.4, -0.2) is 63.2 Å². The number of fused-ring (bicyclic) bond motifs is 1. The van der Waals surface area contributed by atoms with E-state index in [1.165, 1.54) is 16.9 Å². The van der Waals surface area contributed by atoms with Crippen molar-refractivity contribution >= 4 is 39.1 Å². The lowest BCUT2D eigenvalue weighted by Gasteiger charge is -2.36. The van der Waals surface area contributed by atoms with E-state index in [1.54, 1.807) is 4.90 Å². The van der Waals surface area contributed by atoms with E-state index < -0.39 is 18.1 Å². The van der Waals surface area contributed by atoms with Crippen molar-refractivity contribution in [2.75, 3.05) is 26.2 Å². The molecule has 0 spiro atoms. The summed E-state index contributed by atoms with van der Waals surface area (Å²) in [6.07, 6.45) is -2.84. The number of amides is 1. The first-order valence-electron chi connectivity index (χ1n) is 9.48. The van der Waals surface area contributed by atoms with Crippen LogP contribution in [0, 0.1) is 0 Å². The molecule has 2 unspecified atom stereocenters. The number of aliphatic hydroxyl groups is 2. The molecule has 1 aliphatic rings. The van der Waals surface area contributed by atoms with Gasteiger partial charge >= 0.3 is 0 Å². The zero-order valence-electron chi connectivity index (χ0n) is 15.7. The maximum atomic E-state index is 12.7. The molecule has 0 saturated carbocycles. The highest BCUT2D eigenvalue weighted by Gasteiger charge is 2.33. The van der Waals surface area contributed by atoms with E-state index in [9.17, 15) is 15.0 Å². The van der Waals surface area contributed by atoms with Crippen molar-refractivity contribution in [2.45, 2.75) is 18.8 Å². The first-order chi connectivity index (χ1) is 14.0. The van der Waals surface area contributed by atoms with Crippen LogP contribution < -0.4 is 0 Å². The Kier molecular flexibility index (Phi) is 6.12. The molecule has 3 aromatic rings. The predicted octanol–water partition coefficient (Wildman–Crippen LogP) is 2.69. The van der Waals surface area contributed by atoms with Gasteiger partial charge in [0, 0.05) is 37.7 Å². The molecule has 2 aromatic carbocycles. The van der Waals surface area contributed by atoms with Gasteiger partial charge in [0.05, 0.1) is 10.2 Å². The van der Waals surface area contributed by atoms with Crippen LogP contribution in [0.2, 0.25) is 5.02 Å². The van der Waals surface area contributed by atoms with Gasteiger partial charge in [-0.05, 0) is 29.8 Å². The lowest BCUT2D eigenvalue weighted by Crippen LogP contribution is -2.52. The van der Waals surface area contributed by atoms with Crippen LogP contribution in [0.25, 0.3) is 10.2 Å². The maximum absolute atomic E-state index is 12.7. The fourth-order valence-electron chi connectivity index (χ4n) is 3.45. The van der Waals surface area contributed by atoms with Gasteiger partial charge in [-0.25, -0.2) is 4.98 Å². The summed E-state index contributed by atoms with van der Waals surface area (Å²) in [7, 11) is 0. The van der Waals surface area contributed by atoms with Crippen molar-refractivity contribution in [3.05, 3.63) is 64.1 Å². The minimum atomic E-state index is -1.52. The number of aromatic nitrogens is 1. The molecule has 1 aliphatic heterocycles. The lowest BCUT2D eigenvalue weighted by atomic mass is 10.1. The van der Waals surface area contributed by atoms with Crippen molar-refractivity contribution in [2.24, 2.45) is 0 Å². The average molecular weight is 432 g/mol. The van der Waals surface area contributed by atoms with E-state index in [2.05, 4.69) is 9.88 Å². The number of piperazine rings is 1. The Hall–Kier alpha value is -2.03. The summed E-state index contributed by atoms with van der Waals surface area (Å²) >= 11 is 7.22. The zero-order valence-corrected chi connectivity index (χ0v) is 17.3. The fourth-order valence-corrected chi connectivity index (χ4v) is 4.56. The number of nitrogens with zero attached hydrogens (tertiary/aromatic N) is 3. The maximum Gasteiger partial charge on any atom is 0.254 e. The van der Waals surface area contributed by atoms with Crippen LogP contribution in [0.15, 0.2) is 48.5 Å². The van der Waals surface area contributed by atoms with E-state index in [0.29, 0.717) is 36.2 Å². The van der Waals surface area contributed by atoms with Gasteiger partial charge in [0.15, 0.2) is 6.10 Å². The Morgan fingerprint density at radius 2 is 1.76 bits per heavy atom. The Morgan fingerprint density at radius 1 is 1.07 bits per heavy atom. The molecule has 0 bridgehead atoms. The van der Waals surface area contributed by atoms with E-state index in [0.717, 1.165) is 16.8 Å². The Morgan fingerprint density at radius 3 is 2.45 bits per heavy atom. The van der Waals surface area contributed by atoms with Crippen molar-refractivity contribution < 1.29 is 15.0 Å². The number of halogens is 1. The summed E-state index contributed by atoms with van der Waals surface area (Å²) in [4.78, 5) is 20.9. The third kappa shape index (κ3) is 4.60. The zero-order chi connectivity index (χ0) is 20.4. The molecule has 1 aromatic heterocycles. The average Bonchev–Trinajstić information content (AvgIpc) is 3.18. The first kappa shape index (κ1) is 20.3. The predicted molar refractivity (Wildman–Crippen MR) is 114 cm³/mol. The molecule has 1 saturated heterocycles. The molecule has 0 radical (unpaired) electrons. The molecule has 2 heterocycles. The number of thiazole rings is 1. The minimum Gasteiger partial charge on any atom is -0.383 e. The van der Waals surface area contributed by atoms with Crippen molar-refractivity contribution in [1.29, 1.82) is 0 Å². The molecule has 4 rings (SSSR count). The van der Waals surface area contributed by atoms with Gasteiger partial charge in [-0.15, -0.1) is 11.3 Å². The van der Waals surface area contributed by atoms with Gasteiger partial charge in [0.25, 0.3) is 5.91 Å². The highest BCUT2D eigenvalue weighted by atomic mass is 35.5. The van der Waals surface area contributed by atoms with Crippen molar-refractivity contribution in [3.63, 3.8) is 0 Å². The largest absolute Gasteiger partial charge is 0.383 e. The lowest BCUT2D eigenvalue weighted by molar-refractivity contribution is -0.148. The number of carbonyl (C=O) groups is 1. The Bertz CT molecular complexity index is 953. The minimum absolute atomic E-state index is 0.355. The molecule has 1 amide bonds. The Balaban J connectivity index is 1.34. The number of carbonyl (C=O) groups excluding carboxylic acids is 1. The Labute approximate surface area is 178 Å². The monoisotopic (exact) mass is 431 g/mol. The second-order valence-electron chi connectivity index (χ2n) is 7.14. The van der Waals surface area contributed by atoms with Crippen molar-refractivity contribution in [1.82, 2.24) is 14.8 Å². The number of aliphatic hydroxyl groups excluding tert-OH is 2. The number of benzene rings is 2. The standard InChI is InChI=1S/C21H22ClN3O3S/c22-15-7-5-14(6-8-15)13-24-9-11-25(12-10-24)21(28)19(27)18(26)20-23-16-3-1-2-4-17(16)29-20/h1-8,18-19,26-27H,9-13H2. The number of para-hydroxylation sites is 1. The summed E-state index contributed by atoms with van der Waals surface area (Å²) in [6.45, 7) is 3.22. The number of rotatable bonds is 5. The number of hydrogen-bond donors (Lipinski definition) is 2. The van der Waals surface area contributed by atoms with E-state index in [-0.39, 0.29) is 0 Å². The molecule has 152 valence electrons. The second-order valence-corrected chi connectivity index (χ2v) is 8.64. The molecular formula is C21H22ClN3O3S. The van der Waals surface area contributed by atoms with Gasteiger partial charge in [-0.3, -0.25) is 9.69 Å². The van der Waals surface area contributed by atoms with Crippen LogP contribution in [0.3, 0.4) is 0 Å². The topological polar surface area (TPSA) is 76.9 Å². The molecule has 2 atom stereocenters. The summed E-state index contributed by atoms with van der Waals surface area (Å²) in [5.41, 5.74) is 1.92. The summed E-state index contributed by atoms with van der Waals surface area (Å²) in [5.74, 6) is -0.456. The van der Waals surface area contributed by atoms with Gasteiger partial charge in [0.2, 0.25) is 0 Å². The van der Waals surface area contributed by atoms with Gasteiger partial charge < -0.3 is 15.1 Å². The highest BCUT2D eigenvalue weighted by molar-refractivity contribution is 7.18. The summed E-state index contributed by atoms with van der Waals surface area (Å²) < 4.78 is 0.914. The van der Waals surface area contributed by atoms with Gasteiger partial charge in [-0.1, -0.05) is 35.9 Å². The van der Waals surface area contributed by atoms with Crippen LogP contribution >= 0.6 is 22.9 Å². The molecule has 8 heteroatoms. The second kappa shape index (κ2) is 8.77. The summed E-state index contributed by atoms with van der Waals surface area (Å²) in [6, 6.07) is 15.2. The van der Waals surface area contributed by atoms with Crippen LogP contribution in [0.4, 0.5) is 0 Å². The summed E-state index contributed by atoms with van der Waals surface area (Å²) in [5, 5.41) is 22.0. The highest BCUT2D eigenvalue weighted by Crippen LogP contribution is 2.28. The third-order valence-corrected chi connectivity index (χ3v) is 6.48. The molecule has 2 N–H and O–H groups in total. The van der Waals surface area contributed by atoms with E-state index >= 15 is 0 Å². The SMILES string of the molecule is O=C(C(O)C(O)c1nc2ccccc2s1)N1CCN(Cc2ccc(Cl)cc2)CC1. The van der Waals surface area contributed by atoms with Crippen molar-refractivity contribution in [3.8, 4) is 0 Å². The number of hydrogen-bond acceptors (Lipinski definition) is 6.